The molecule has 15 heavy (non-hydrogen) atoms. The smallest absolute Gasteiger partial charge is 0.0985 e. The van der Waals surface area contributed by atoms with Gasteiger partial charge in [0, 0.05) is 32.6 Å². The lowest BCUT2D eigenvalue weighted by atomic mass is 9.82. The topological polar surface area (TPSA) is 41.6 Å². The summed E-state index contributed by atoms with van der Waals surface area (Å²) in [5, 5.41) is 0. The number of hydrogen-bond acceptors (Lipinski definition) is 2. The standard InChI is InChI=1S/C12H23N3/c1-14-12-8-7-9-10(13)5-3-4-6-11(9)15(12)2/h9-11H,3-8,13H2,1-2H3. The van der Waals surface area contributed by atoms with Gasteiger partial charge in [0.25, 0.3) is 0 Å². The molecule has 0 bridgehead atoms. The number of rotatable bonds is 0. The fourth-order valence-electron chi connectivity index (χ4n) is 3.27. The molecule has 0 amide bonds. The minimum absolute atomic E-state index is 0.415. The van der Waals surface area contributed by atoms with Crippen molar-refractivity contribution in [3.63, 3.8) is 0 Å². The van der Waals surface area contributed by atoms with Gasteiger partial charge in [-0.15, -0.1) is 0 Å². The molecule has 1 aliphatic heterocycles. The lowest BCUT2D eigenvalue weighted by molar-refractivity contribution is 0.188. The Hall–Kier alpha value is -0.570. The predicted octanol–water partition coefficient (Wildman–Crippen LogP) is 1.63. The minimum atomic E-state index is 0.415. The van der Waals surface area contributed by atoms with Crippen LogP contribution in [0.15, 0.2) is 4.99 Å². The zero-order valence-corrected chi connectivity index (χ0v) is 9.95. The van der Waals surface area contributed by atoms with Crippen LogP contribution < -0.4 is 5.73 Å². The Morgan fingerprint density at radius 2 is 2.00 bits per heavy atom. The molecule has 3 heteroatoms. The maximum atomic E-state index is 6.27. The SMILES string of the molecule is CN=C1CCC2C(N)CCCCC2N1C. The highest BCUT2D eigenvalue weighted by Gasteiger charge is 2.36. The first-order valence-electron chi connectivity index (χ1n) is 6.18. The lowest BCUT2D eigenvalue weighted by Crippen LogP contribution is -2.51. The van der Waals surface area contributed by atoms with E-state index in [0.29, 0.717) is 18.0 Å². The summed E-state index contributed by atoms with van der Waals surface area (Å²) in [5.74, 6) is 1.97. The van der Waals surface area contributed by atoms with Crippen molar-refractivity contribution in [3.8, 4) is 0 Å². The summed E-state index contributed by atoms with van der Waals surface area (Å²) in [6.45, 7) is 0. The Morgan fingerprint density at radius 1 is 1.27 bits per heavy atom. The molecule has 0 radical (unpaired) electrons. The molecule has 2 N–H and O–H groups in total. The average Bonchev–Trinajstić information content (AvgIpc) is 2.42. The van der Waals surface area contributed by atoms with E-state index in [-0.39, 0.29) is 0 Å². The summed E-state index contributed by atoms with van der Waals surface area (Å²) in [6, 6.07) is 1.06. The number of likely N-dealkylation sites (tertiary alicyclic amines) is 1. The zero-order valence-electron chi connectivity index (χ0n) is 9.95. The summed E-state index contributed by atoms with van der Waals surface area (Å²) >= 11 is 0. The van der Waals surface area contributed by atoms with Gasteiger partial charge >= 0.3 is 0 Å². The number of nitrogens with two attached hydrogens (primary N) is 1. The molecule has 1 heterocycles. The molecule has 2 aliphatic rings. The van der Waals surface area contributed by atoms with Crippen LogP contribution in [0, 0.1) is 5.92 Å². The van der Waals surface area contributed by atoms with Crippen molar-refractivity contribution in [2.45, 2.75) is 50.6 Å². The molecule has 86 valence electrons. The molecule has 3 atom stereocenters. The molecule has 2 fully saturated rings. The van der Waals surface area contributed by atoms with Crippen molar-refractivity contribution in [1.82, 2.24) is 4.90 Å². The summed E-state index contributed by atoms with van der Waals surface area (Å²) in [4.78, 5) is 6.77. The number of hydrogen-bond donors (Lipinski definition) is 1. The average molecular weight is 209 g/mol. The van der Waals surface area contributed by atoms with Gasteiger partial charge in [-0.2, -0.15) is 0 Å². The quantitative estimate of drug-likeness (QED) is 0.659. The number of aliphatic imine (C=N–C) groups is 1. The fraction of sp³-hybridized carbons (Fsp3) is 0.917. The van der Waals surface area contributed by atoms with E-state index >= 15 is 0 Å². The van der Waals surface area contributed by atoms with Crippen LogP contribution in [0.5, 0.6) is 0 Å². The van der Waals surface area contributed by atoms with Gasteiger partial charge < -0.3 is 10.6 Å². The van der Waals surface area contributed by atoms with Gasteiger partial charge in [0.1, 0.15) is 0 Å². The van der Waals surface area contributed by atoms with E-state index in [1.807, 2.05) is 7.05 Å². The van der Waals surface area contributed by atoms with E-state index in [4.69, 9.17) is 5.73 Å². The van der Waals surface area contributed by atoms with Gasteiger partial charge in [0.05, 0.1) is 5.84 Å². The molecule has 1 saturated heterocycles. The maximum Gasteiger partial charge on any atom is 0.0985 e. The van der Waals surface area contributed by atoms with Crippen LogP contribution in [-0.4, -0.2) is 36.9 Å². The van der Waals surface area contributed by atoms with Crippen molar-refractivity contribution in [1.29, 1.82) is 0 Å². The largest absolute Gasteiger partial charge is 0.360 e. The fourth-order valence-corrected chi connectivity index (χ4v) is 3.27. The molecule has 1 aliphatic carbocycles. The number of piperidine rings is 1. The Balaban J connectivity index is 2.16. The van der Waals surface area contributed by atoms with Crippen LogP contribution >= 0.6 is 0 Å². The molecular formula is C12H23N3. The molecule has 3 unspecified atom stereocenters. The summed E-state index contributed by atoms with van der Waals surface area (Å²) in [6.07, 6.45) is 7.50. The van der Waals surface area contributed by atoms with Gasteiger partial charge in [-0.25, -0.2) is 0 Å². The number of nitrogens with zero attached hydrogens (tertiary/aromatic N) is 2. The van der Waals surface area contributed by atoms with E-state index in [0.717, 1.165) is 6.42 Å². The second kappa shape index (κ2) is 4.52. The van der Waals surface area contributed by atoms with Gasteiger partial charge in [-0.1, -0.05) is 12.8 Å². The van der Waals surface area contributed by atoms with Crippen LogP contribution in [0.3, 0.4) is 0 Å². The second-order valence-corrected chi connectivity index (χ2v) is 4.97. The first-order chi connectivity index (χ1) is 7.24. The zero-order chi connectivity index (χ0) is 10.8. The van der Waals surface area contributed by atoms with Gasteiger partial charge in [0.2, 0.25) is 0 Å². The summed E-state index contributed by atoms with van der Waals surface area (Å²) in [5.41, 5.74) is 6.27. The summed E-state index contributed by atoms with van der Waals surface area (Å²) < 4.78 is 0. The van der Waals surface area contributed by atoms with Gasteiger partial charge in [0.15, 0.2) is 0 Å². The highest BCUT2D eigenvalue weighted by molar-refractivity contribution is 5.83. The third-order valence-corrected chi connectivity index (χ3v) is 4.20. The maximum absolute atomic E-state index is 6.27. The first kappa shape index (κ1) is 10.9. The number of fused-ring (bicyclic) bond motifs is 1. The van der Waals surface area contributed by atoms with Gasteiger partial charge in [-0.05, 0) is 25.2 Å². The van der Waals surface area contributed by atoms with Crippen LogP contribution in [0.1, 0.15) is 38.5 Å². The molecule has 0 spiro atoms. The predicted molar refractivity (Wildman–Crippen MR) is 64.1 cm³/mol. The molecular weight excluding hydrogens is 186 g/mol. The molecule has 0 aromatic heterocycles. The third kappa shape index (κ3) is 2.03. The van der Waals surface area contributed by atoms with E-state index < -0.39 is 0 Å². The van der Waals surface area contributed by atoms with Crippen molar-refractivity contribution < 1.29 is 0 Å². The first-order valence-corrected chi connectivity index (χ1v) is 6.18. The summed E-state index contributed by atoms with van der Waals surface area (Å²) in [7, 11) is 4.10. The van der Waals surface area contributed by atoms with Crippen molar-refractivity contribution >= 4 is 5.84 Å². The molecule has 3 nitrogen and oxygen atoms in total. The molecule has 0 aromatic rings. The monoisotopic (exact) mass is 209 g/mol. The van der Waals surface area contributed by atoms with Crippen molar-refractivity contribution in [3.05, 3.63) is 0 Å². The van der Waals surface area contributed by atoms with Gasteiger partial charge in [-0.3, -0.25) is 4.99 Å². The van der Waals surface area contributed by atoms with Crippen LogP contribution in [0.4, 0.5) is 0 Å². The van der Waals surface area contributed by atoms with Crippen LogP contribution in [0.2, 0.25) is 0 Å². The van der Waals surface area contributed by atoms with E-state index in [1.54, 1.807) is 0 Å². The van der Waals surface area contributed by atoms with E-state index in [1.165, 1.54) is 37.9 Å². The van der Waals surface area contributed by atoms with Crippen LogP contribution in [-0.2, 0) is 0 Å². The van der Waals surface area contributed by atoms with E-state index in [2.05, 4.69) is 16.9 Å². The Bertz CT molecular complexity index is 249. The Labute approximate surface area is 92.7 Å². The normalized spacial score (nSPS) is 40.1. The Kier molecular flexibility index (Phi) is 3.29. The highest BCUT2D eigenvalue weighted by atomic mass is 15.2. The molecule has 2 rings (SSSR count). The molecule has 1 saturated carbocycles. The van der Waals surface area contributed by atoms with E-state index in [9.17, 15) is 0 Å². The minimum Gasteiger partial charge on any atom is -0.360 e. The highest BCUT2D eigenvalue weighted by Crippen LogP contribution is 2.33. The van der Waals surface area contributed by atoms with Crippen LogP contribution in [0.25, 0.3) is 0 Å². The lowest BCUT2D eigenvalue weighted by Gasteiger charge is -2.42. The van der Waals surface area contributed by atoms with Crippen molar-refractivity contribution in [2.24, 2.45) is 16.6 Å². The Morgan fingerprint density at radius 3 is 2.73 bits per heavy atom. The molecule has 0 aromatic carbocycles. The third-order valence-electron chi connectivity index (χ3n) is 4.20. The second-order valence-electron chi connectivity index (χ2n) is 4.97. The number of amidine groups is 1. The van der Waals surface area contributed by atoms with Crippen molar-refractivity contribution in [2.75, 3.05) is 14.1 Å².